The van der Waals surface area contributed by atoms with E-state index < -0.39 is 47.6 Å². The largest absolute Gasteiger partial charge is 0.573 e. The van der Waals surface area contributed by atoms with E-state index in [2.05, 4.69) is 4.74 Å². The zero-order valence-corrected chi connectivity index (χ0v) is 16.7. The monoisotopic (exact) mass is 435 g/mol. The van der Waals surface area contributed by atoms with E-state index in [0.29, 0.717) is 0 Å². The van der Waals surface area contributed by atoms with Gasteiger partial charge in [0.1, 0.15) is 11.7 Å². The Balaban J connectivity index is 2.01. The number of halogens is 3. The van der Waals surface area contributed by atoms with E-state index in [1.807, 2.05) is 6.92 Å². The summed E-state index contributed by atoms with van der Waals surface area (Å²) in [5, 5.41) is 9.79. The van der Waals surface area contributed by atoms with Crippen molar-refractivity contribution in [2.45, 2.75) is 32.4 Å². The number of benzene rings is 2. The Hall–Kier alpha value is -3.20. The van der Waals surface area contributed by atoms with E-state index in [-0.39, 0.29) is 17.7 Å². The number of hydrogen-bond acceptors (Lipinski definition) is 5. The molecule has 3 atom stereocenters. The number of ether oxygens (including phenoxy) is 1. The minimum atomic E-state index is -4.87. The lowest BCUT2D eigenvalue weighted by molar-refractivity contribution is -0.274. The van der Waals surface area contributed by atoms with Gasteiger partial charge in [-0.15, -0.1) is 13.2 Å². The molecule has 9 heteroatoms. The highest BCUT2D eigenvalue weighted by Crippen LogP contribution is 2.39. The summed E-state index contributed by atoms with van der Waals surface area (Å²) < 4.78 is 41.2. The molecule has 0 spiro atoms. The number of carbonyl (C=O) groups excluding carboxylic acids is 3. The topological polar surface area (TPSA) is 83.9 Å². The third kappa shape index (κ3) is 4.93. The number of alkyl halides is 3. The summed E-state index contributed by atoms with van der Waals surface area (Å²) in [6, 6.07) is 10.0. The highest BCUT2D eigenvalue weighted by Gasteiger charge is 2.51. The van der Waals surface area contributed by atoms with Crippen LogP contribution in [0.3, 0.4) is 0 Å². The Morgan fingerprint density at radius 2 is 1.68 bits per heavy atom. The lowest BCUT2D eigenvalue weighted by Crippen LogP contribution is -2.36. The molecule has 0 radical (unpaired) electrons. The first-order valence-electron chi connectivity index (χ1n) is 9.47. The van der Waals surface area contributed by atoms with Crippen LogP contribution in [0, 0.1) is 12.8 Å². The minimum Gasteiger partial charge on any atom is -0.406 e. The quantitative estimate of drug-likeness (QED) is 0.428. The Morgan fingerprint density at radius 1 is 1.10 bits per heavy atom. The molecule has 2 aromatic rings. The van der Waals surface area contributed by atoms with Crippen molar-refractivity contribution >= 4 is 17.5 Å². The molecule has 0 bridgehead atoms. The van der Waals surface area contributed by atoms with Gasteiger partial charge in [-0.1, -0.05) is 42.0 Å². The number of ketones is 2. The third-order valence-corrected chi connectivity index (χ3v) is 4.94. The van der Waals surface area contributed by atoms with Crippen LogP contribution in [0.25, 0.3) is 0 Å². The average molecular weight is 435 g/mol. The Bertz CT molecular complexity index is 984. The number of nitrogens with zero attached hydrogens (tertiary/aromatic N) is 1. The fourth-order valence-corrected chi connectivity index (χ4v) is 3.60. The fraction of sp³-hybridized carbons (Fsp3) is 0.318. The second-order valence-corrected chi connectivity index (χ2v) is 7.44. The number of rotatable bonds is 6. The summed E-state index contributed by atoms with van der Waals surface area (Å²) in [6.07, 6.45) is -5.86. The van der Waals surface area contributed by atoms with Gasteiger partial charge in [-0.05, 0) is 31.5 Å². The summed E-state index contributed by atoms with van der Waals surface area (Å²) >= 11 is 0. The molecule has 0 aliphatic carbocycles. The second kappa shape index (κ2) is 8.50. The first-order chi connectivity index (χ1) is 14.5. The second-order valence-electron chi connectivity index (χ2n) is 7.44. The first kappa shape index (κ1) is 22.5. The molecule has 0 saturated carbocycles. The van der Waals surface area contributed by atoms with Gasteiger partial charge in [0.2, 0.25) is 5.78 Å². The summed E-state index contributed by atoms with van der Waals surface area (Å²) in [5.74, 6) is -4.29. The van der Waals surface area contributed by atoms with Crippen molar-refractivity contribution in [3.63, 3.8) is 0 Å². The minimum absolute atomic E-state index is 0.215. The van der Waals surface area contributed by atoms with Crippen LogP contribution in [-0.4, -0.2) is 46.5 Å². The molecule has 2 aromatic carbocycles. The normalized spacial score (nSPS) is 20.1. The molecule has 1 aliphatic rings. The van der Waals surface area contributed by atoms with Crippen LogP contribution in [0.4, 0.5) is 13.2 Å². The maximum atomic E-state index is 13.1. The average Bonchev–Trinajstić information content (AvgIpc) is 2.92. The van der Waals surface area contributed by atoms with Crippen molar-refractivity contribution in [2.75, 3.05) is 6.54 Å². The predicted molar refractivity (Wildman–Crippen MR) is 103 cm³/mol. The Labute approximate surface area is 176 Å². The number of β-amino-alcohol motifs (C(OH)–C–C–N with tert-alkyl or cyclic N) is 1. The molecule has 31 heavy (non-hydrogen) atoms. The molecule has 1 N–H and O–H groups in total. The highest BCUT2D eigenvalue weighted by molar-refractivity contribution is 6.44. The van der Waals surface area contributed by atoms with Crippen molar-refractivity contribution in [2.24, 2.45) is 5.92 Å². The number of aliphatic hydroxyl groups excluding tert-OH is 1. The van der Waals surface area contributed by atoms with Gasteiger partial charge in [0, 0.05) is 12.1 Å². The van der Waals surface area contributed by atoms with Crippen LogP contribution >= 0.6 is 0 Å². The maximum absolute atomic E-state index is 13.1. The third-order valence-electron chi connectivity index (χ3n) is 4.94. The van der Waals surface area contributed by atoms with Gasteiger partial charge >= 0.3 is 6.36 Å². The predicted octanol–water partition coefficient (Wildman–Crippen LogP) is 3.23. The number of amides is 1. The fourth-order valence-electron chi connectivity index (χ4n) is 3.60. The van der Waals surface area contributed by atoms with E-state index in [1.54, 1.807) is 24.3 Å². The molecular weight excluding hydrogens is 415 g/mol. The summed E-state index contributed by atoms with van der Waals surface area (Å²) in [4.78, 5) is 39.6. The molecule has 0 aromatic heterocycles. The van der Waals surface area contributed by atoms with Gasteiger partial charge in [0.15, 0.2) is 5.78 Å². The maximum Gasteiger partial charge on any atom is 0.573 e. The zero-order chi connectivity index (χ0) is 22.9. The van der Waals surface area contributed by atoms with E-state index >= 15 is 0 Å². The molecule has 1 heterocycles. The molecule has 1 fully saturated rings. The first-order valence-corrected chi connectivity index (χ1v) is 9.47. The molecular formula is C22H20F3NO5. The van der Waals surface area contributed by atoms with E-state index in [4.69, 9.17) is 0 Å². The zero-order valence-electron chi connectivity index (χ0n) is 16.7. The van der Waals surface area contributed by atoms with Gasteiger partial charge in [-0.25, -0.2) is 0 Å². The molecule has 164 valence electrons. The van der Waals surface area contributed by atoms with Crippen LogP contribution in [-0.2, 0) is 9.59 Å². The van der Waals surface area contributed by atoms with Crippen molar-refractivity contribution in [3.8, 4) is 5.75 Å². The van der Waals surface area contributed by atoms with Crippen LogP contribution in [0.2, 0.25) is 0 Å². The smallest absolute Gasteiger partial charge is 0.406 e. The summed E-state index contributed by atoms with van der Waals surface area (Å²) in [7, 11) is 0. The van der Waals surface area contributed by atoms with Crippen LogP contribution in [0.5, 0.6) is 5.75 Å². The van der Waals surface area contributed by atoms with Gasteiger partial charge < -0.3 is 14.7 Å². The van der Waals surface area contributed by atoms with Gasteiger partial charge in [-0.2, -0.15) is 0 Å². The number of aliphatic hydroxyl groups is 1. The van der Waals surface area contributed by atoms with Gasteiger partial charge in [-0.3, -0.25) is 14.4 Å². The van der Waals surface area contributed by atoms with E-state index in [1.165, 1.54) is 19.1 Å². The molecule has 1 saturated heterocycles. The highest BCUT2D eigenvalue weighted by atomic mass is 19.4. The molecule has 1 aliphatic heterocycles. The van der Waals surface area contributed by atoms with Crippen molar-refractivity contribution in [3.05, 3.63) is 65.2 Å². The number of aryl methyl sites for hydroxylation is 1. The number of likely N-dealkylation sites (tertiary alicyclic amines) is 1. The van der Waals surface area contributed by atoms with Crippen molar-refractivity contribution in [1.29, 1.82) is 0 Å². The molecule has 6 nitrogen and oxygen atoms in total. The van der Waals surface area contributed by atoms with E-state index in [0.717, 1.165) is 22.6 Å². The molecule has 3 unspecified atom stereocenters. The Morgan fingerprint density at radius 3 is 2.19 bits per heavy atom. The van der Waals surface area contributed by atoms with E-state index in [9.17, 15) is 32.7 Å². The number of carbonyl (C=O) groups is 3. The molecule has 1 amide bonds. The van der Waals surface area contributed by atoms with Gasteiger partial charge in [0.05, 0.1) is 12.1 Å². The van der Waals surface area contributed by atoms with Gasteiger partial charge in [0.25, 0.3) is 5.91 Å². The van der Waals surface area contributed by atoms with Crippen LogP contribution < -0.4 is 4.74 Å². The number of Topliss-reactive ketones (excluding diaryl/α,β-unsaturated/α-hetero) is 2. The lowest BCUT2D eigenvalue weighted by Gasteiger charge is -2.28. The summed E-state index contributed by atoms with van der Waals surface area (Å²) in [5.41, 5.74) is 1.41. The van der Waals surface area contributed by atoms with Crippen LogP contribution in [0.15, 0.2) is 48.5 Å². The Kier molecular flexibility index (Phi) is 6.17. The van der Waals surface area contributed by atoms with Crippen molar-refractivity contribution in [1.82, 2.24) is 4.90 Å². The van der Waals surface area contributed by atoms with Crippen LogP contribution in [0.1, 0.15) is 34.5 Å². The number of hydrogen-bond donors (Lipinski definition) is 1. The van der Waals surface area contributed by atoms with Crippen molar-refractivity contribution < 1.29 is 37.4 Å². The standard InChI is InChI=1S/C22H20F3NO5/c1-12-3-5-15(6-4-12)19(28)17-18(26(11-13(2)27)21(30)20(17)29)14-7-9-16(10-8-14)31-22(23,24)25/h3-10,13,17-18,27H,11H2,1-2H3. The lowest BCUT2D eigenvalue weighted by atomic mass is 9.86. The SMILES string of the molecule is Cc1ccc(C(=O)C2C(=O)C(=O)N(CC(C)O)C2c2ccc(OC(F)(F)F)cc2)cc1. The molecule has 3 rings (SSSR count). The summed E-state index contributed by atoms with van der Waals surface area (Å²) in [6.45, 7) is 3.04.